The van der Waals surface area contributed by atoms with Gasteiger partial charge in [0.05, 0.1) is 36.4 Å². The van der Waals surface area contributed by atoms with E-state index >= 15 is 0 Å². The molecular formula is C39H49ClN4O7S. The Balaban J connectivity index is 1.17. The summed E-state index contributed by atoms with van der Waals surface area (Å²) in [6.07, 6.45) is 9.82. The van der Waals surface area contributed by atoms with Crippen LogP contribution in [0.3, 0.4) is 0 Å². The minimum atomic E-state index is -4.19. The molecule has 2 spiro atoms. The third-order valence-corrected chi connectivity index (χ3v) is 14.2. The highest BCUT2D eigenvalue weighted by molar-refractivity contribution is 7.90. The standard InChI is InChI=1S/C39H49ClN4O7S/c1-3-49-29-22-43(23-29)37(46)51-34-8-5-18-42(2)39(16-6-17-39)36(45)41-52(47,48)30-11-14-35-33(20-30)44(21-27-9-12-31(27)34)24-38(25-50-35)15-4-7-26-19-28(40)10-13-32(26)38/h5,8,10-11,13-14,19-20,27,29,31,34H,3-4,6-7,9,12,15-18,21-25H2,1-2H3,(H,41,45)/b8-5+/t27-,31+,34-,38-/m0/s1. The number of likely N-dealkylation sites (N-methyl/N-ethyl adjacent to an activating group) is 1. The molecule has 2 saturated carbocycles. The van der Waals surface area contributed by atoms with Crippen LogP contribution >= 0.6 is 11.6 Å². The quantitative estimate of drug-likeness (QED) is 0.418. The van der Waals surface area contributed by atoms with E-state index in [4.69, 9.17) is 25.8 Å². The number of sulfonamides is 1. The summed E-state index contributed by atoms with van der Waals surface area (Å²) in [6, 6.07) is 11.1. The number of nitrogens with zero attached hydrogens (tertiary/aromatic N) is 3. The van der Waals surface area contributed by atoms with E-state index in [9.17, 15) is 18.0 Å². The molecular weight excluding hydrogens is 704 g/mol. The Bertz CT molecular complexity index is 1860. The van der Waals surface area contributed by atoms with Crippen molar-refractivity contribution in [2.75, 3.05) is 57.9 Å². The van der Waals surface area contributed by atoms with Gasteiger partial charge in [0.1, 0.15) is 17.4 Å². The zero-order chi connectivity index (χ0) is 36.3. The van der Waals surface area contributed by atoms with E-state index in [0.29, 0.717) is 75.2 Å². The van der Waals surface area contributed by atoms with Gasteiger partial charge >= 0.3 is 6.09 Å². The predicted octanol–water partition coefficient (Wildman–Crippen LogP) is 5.29. The van der Waals surface area contributed by atoms with Gasteiger partial charge in [-0.15, -0.1) is 0 Å². The van der Waals surface area contributed by atoms with Crippen LogP contribution in [0.5, 0.6) is 5.75 Å². The molecule has 11 nitrogen and oxygen atoms in total. The Morgan fingerprint density at radius 2 is 1.90 bits per heavy atom. The normalized spacial score (nSPS) is 30.4. The highest BCUT2D eigenvalue weighted by Gasteiger charge is 2.49. The average Bonchev–Trinajstić information content (AvgIpc) is 3.20. The summed E-state index contributed by atoms with van der Waals surface area (Å²) >= 11 is 6.46. The minimum absolute atomic E-state index is 0.0287. The van der Waals surface area contributed by atoms with Crippen molar-refractivity contribution in [1.82, 2.24) is 14.5 Å². The minimum Gasteiger partial charge on any atom is -0.490 e. The number of hydrogen-bond donors (Lipinski definition) is 1. The van der Waals surface area contributed by atoms with E-state index in [2.05, 4.69) is 21.8 Å². The molecule has 4 atom stereocenters. The summed E-state index contributed by atoms with van der Waals surface area (Å²) in [7, 11) is -2.34. The summed E-state index contributed by atoms with van der Waals surface area (Å²) in [5, 5.41) is 0.711. The van der Waals surface area contributed by atoms with Crippen molar-refractivity contribution in [3.05, 3.63) is 64.7 Å². The van der Waals surface area contributed by atoms with Gasteiger partial charge in [-0.3, -0.25) is 9.69 Å². The second kappa shape index (κ2) is 13.8. The van der Waals surface area contributed by atoms with Crippen molar-refractivity contribution in [3.63, 3.8) is 0 Å². The van der Waals surface area contributed by atoms with E-state index in [1.54, 1.807) is 17.0 Å². The molecule has 3 fully saturated rings. The fraction of sp³-hybridized carbons (Fsp3) is 0.590. The number of carbonyl (C=O) groups is 2. The molecule has 3 heterocycles. The highest BCUT2D eigenvalue weighted by atomic mass is 35.5. The number of fused-ring (bicyclic) bond motifs is 4. The first-order chi connectivity index (χ1) is 25.0. The Hall–Kier alpha value is -3.32. The highest BCUT2D eigenvalue weighted by Crippen LogP contribution is 2.47. The number of nitrogens with one attached hydrogen (secondary N) is 1. The van der Waals surface area contributed by atoms with Gasteiger partial charge in [-0.1, -0.05) is 23.7 Å². The molecule has 52 heavy (non-hydrogen) atoms. The van der Waals surface area contributed by atoms with Crippen molar-refractivity contribution in [2.24, 2.45) is 11.8 Å². The number of halogens is 1. The van der Waals surface area contributed by atoms with Gasteiger partial charge in [-0.05, 0) is 119 Å². The van der Waals surface area contributed by atoms with Gasteiger partial charge in [0, 0.05) is 42.6 Å². The van der Waals surface area contributed by atoms with Gasteiger partial charge in [0.15, 0.2) is 0 Å². The van der Waals surface area contributed by atoms with Crippen molar-refractivity contribution < 1.29 is 32.2 Å². The number of amides is 2. The van der Waals surface area contributed by atoms with Crippen LogP contribution in [0.25, 0.3) is 0 Å². The summed E-state index contributed by atoms with van der Waals surface area (Å²) in [5.74, 6) is 0.330. The molecule has 2 amide bonds. The lowest BCUT2D eigenvalue weighted by Gasteiger charge is -2.47. The van der Waals surface area contributed by atoms with Crippen LogP contribution in [0, 0.1) is 11.8 Å². The van der Waals surface area contributed by atoms with Gasteiger partial charge in [-0.25, -0.2) is 17.9 Å². The average molecular weight is 753 g/mol. The van der Waals surface area contributed by atoms with Crippen LogP contribution in [-0.2, 0) is 36.1 Å². The number of anilines is 1. The second-order valence-corrected chi connectivity index (χ2v) is 17.8. The first-order valence-electron chi connectivity index (χ1n) is 18.8. The Kier molecular flexibility index (Phi) is 9.49. The van der Waals surface area contributed by atoms with Crippen molar-refractivity contribution in [3.8, 4) is 5.75 Å². The maximum Gasteiger partial charge on any atom is 0.410 e. The molecule has 1 N–H and O–H groups in total. The molecule has 6 aliphatic rings. The van der Waals surface area contributed by atoms with Gasteiger partial charge in [0.2, 0.25) is 0 Å². The molecule has 13 heteroatoms. The summed E-state index contributed by atoms with van der Waals surface area (Å²) in [6.45, 7) is 5.69. The lowest BCUT2D eigenvalue weighted by Crippen LogP contribution is -2.62. The fourth-order valence-electron chi connectivity index (χ4n) is 9.28. The van der Waals surface area contributed by atoms with Crippen LogP contribution < -0.4 is 14.4 Å². The van der Waals surface area contributed by atoms with E-state index in [0.717, 1.165) is 38.5 Å². The summed E-state index contributed by atoms with van der Waals surface area (Å²) in [5.41, 5.74) is 1.84. The van der Waals surface area contributed by atoms with E-state index in [1.165, 1.54) is 17.2 Å². The topological polar surface area (TPSA) is 118 Å². The molecule has 3 aliphatic carbocycles. The van der Waals surface area contributed by atoms with Gasteiger partial charge in [0.25, 0.3) is 15.9 Å². The smallest absolute Gasteiger partial charge is 0.410 e. The third kappa shape index (κ3) is 6.37. The molecule has 2 aromatic rings. The molecule has 0 aromatic heterocycles. The SMILES string of the molecule is CCOC1CN(C(=O)O[C@H]2/C=C/CN(C)C3(CCC3)C(=O)NS(=O)(=O)c3ccc4c(c3)N(C[C@@H]3CC[C@H]32)C[C@@]2(CCCc3cc(Cl)ccc32)CO4)C1. The number of likely N-dealkylation sites (tertiary alicyclic amines) is 1. The number of ether oxygens (including phenoxy) is 3. The summed E-state index contributed by atoms with van der Waals surface area (Å²) in [4.78, 5) is 33.2. The summed E-state index contributed by atoms with van der Waals surface area (Å²) < 4.78 is 48.9. The lowest BCUT2D eigenvalue weighted by atomic mass is 9.68. The van der Waals surface area contributed by atoms with Gasteiger partial charge < -0.3 is 24.0 Å². The zero-order valence-electron chi connectivity index (χ0n) is 30.0. The Morgan fingerprint density at radius 1 is 1.08 bits per heavy atom. The van der Waals surface area contributed by atoms with E-state index in [-0.39, 0.29) is 34.3 Å². The van der Waals surface area contributed by atoms with E-state index < -0.39 is 27.6 Å². The van der Waals surface area contributed by atoms with Crippen LogP contribution in [0.2, 0.25) is 5.02 Å². The lowest BCUT2D eigenvalue weighted by molar-refractivity contribution is -0.136. The molecule has 2 bridgehead atoms. The number of carbonyl (C=O) groups excluding carboxylic acids is 2. The Morgan fingerprint density at radius 3 is 2.63 bits per heavy atom. The van der Waals surface area contributed by atoms with E-state index in [1.807, 2.05) is 37.1 Å². The Labute approximate surface area is 311 Å². The van der Waals surface area contributed by atoms with Crippen LogP contribution in [0.4, 0.5) is 10.5 Å². The zero-order valence-corrected chi connectivity index (χ0v) is 31.6. The predicted molar refractivity (Wildman–Crippen MR) is 197 cm³/mol. The fourth-order valence-corrected chi connectivity index (χ4v) is 10.5. The largest absolute Gasteiger partial charge is 0.490 e. The molecule has 0 unspecified atom stereocenters. The van der Waals surface area contributed by atoms with Crippen LogP contribution in [-0.4, -0.2) is 101 Å². The van der Waals surface area contributed by atoms with Crippen LogP contribution in [0.15, 0.2) is 53.4 Å². The number of rotatable bonds is 3. The number of aryl methyl sites for hydroxylation is 1. The van der Waals surface area contributed by atoms with Crippen molar-refractivity contribution in [1.29, 1.82) is 0 Å². The molecule has 280 valence electrons. The maximum atomic E-state index is 13.9. The van der Waals surface area contributed by atoms with Crippen molar-refractivity contribution >= 4 is 39.3 Å². The molecule has 1 saturated heterocycles. The molecule has 0 radical (unpaired) electrons. The molecule has 3 aliphatic heterocycles. The van der Waals surface area contributed by atoms with Crippen molar-refractivity contribution in [2.45, 2.75) is 86.3 Å². The molecule has 2 aromatic carbocycles. The second-order valence-electron chi connectivity index (χ2n) is 15.7. The first kappa shape index (κ1) is 35.7. The van der Waals surface area contributed by atoms with Crippen LogP contribution in [0.1, 0.15) is 63.0 Å². The maximum absolute atomic E-state index is 13.9. The van der Waals surface area contributed by atoms with Gasteiger partial charge in [-0.2, -0.15) is 0 Å². The number of hydrogen-bond acceptors (Lipinski definition) is 9. The third-order valence-electron chi connectivity index (χ3n) is 12.7. The number of benzene rings is 2. The monoisotopic (exact) mass is 752 g/mol. The molecule has 8 rings (SSSR count). The first-order valence-corrected chi connectivity index (χ1v) is 20.7.